The summed E-state index contributed by atoms with van der Waals surface area (Å²) < 4.78 is 26.1. The predicted molar refractivity (Wildman–Crippen MR) is 139 cm³/mol. The molecule has 33 heavy (non-hydrogen) atoms. The van der Waals surface area contributed by atoms with E-state index < -0.39 is 5.82 Å². The molecule has 0 bridgehead atoms. The summed E-state index contributed by atoms with van der Waals surface area (Å²) in [7, 11) is 1.55. The van der Waals surface area contributed by atoms with Crippen LogP contribution in [0.15, 0.2) is 70.0 Å². The van der Waals surface area contributed by atoms with Crippen molar-refractivity contribution >= 4 is 73.5 Å². The Balaban J connectivity index is 1.58. The fourth-order valence-corrected chi connectivity index (χ4v) is 5.16. The summed E-state index contributed by atoms with van der Waals surface area (Å²) in [5.74, 6) is 0.296. The largest absolute Gasteiger partial charge is 0.493 e. The van der Waals surface area contributed by atoms with E-state index in [0.717, 1.165) is 22.9 Å². The first-order valence-corrected chi connectivity index (χ1v) is 12.0. The molecule has 3 aromatic carbocycles. The van der Waals surface area contributed by atoms with Gasteiger partial charge in [0.1, 0.15) is 12.4 Å². The minimum absolute atomic E-state index is 0.311. The van der Waals surface area contributed by atoms with E-state index in [9.17, 15) is 9.18 Å². The maximum Gasteiger partial charge on any atom is 0.270 e. The molecule has 168 valence electrons. The zero-order valence-electron chi connectivity index (χ0n) is 17.2. The van der Waals surface area contributed by atoms with Gasteiger partial charge in [0.15, 0.2) is 15.8 Å². The second-order valence-electron chi connectivity index (χ2n) is 6.95. The molecule has 1 saturated heterocycles. The van der Waals surface area contributed by atoms with Gasteiger partial charge in [-0.15, -0.1) is 0 Å². The minimum atomic E-state index is -0.437. The SMILES string of the molecule is COc1cc(/C=C2\SC(=S)N(c3cccc(F)c3)C2=O)cc(Br)c1OCc1ccc(Cl)cc1. The average Bonchev–Trinajstić information content (AvgIpc) is 3.06. The van der Waals surface area contributed by atoms with E-state index in [2.05, 4.69) is 15.9 Å². The summed E-state index contributed by atoms with van der Waals surface area (Å²) in [4.78, 5) is 14.7. The van der Waals surface area contributed by atoms with Crippen LogP contribution in [0.25, 0.3) is 6.08 Å². The first kappa shape index (κ1) is 23.8. The number of halogens is 3. The number of rotatable bonds is 6. The maximum atomic E-state index is 13.6. The molecule has 0 N–H and O–H groups in total. The highest BCUT2D eigenvalue weighted by Crippen LogP contribution is 2.40. The van der Waals surface area contributed by atoms with E-state index in [1.54, 1.807) is 37.5 Å². The van der Waals surface area contributed by atoms with Gasteiger partial charge in [-0.05, 0) is 75.6 Å². The lowest BCUT2D eigenvalue weighted by atomic mass is 10.1. The topological polar surface area (TPSA) is 38.8 Å². The summed E-state index contributed by atoms with van der Waals surface area (Å²) in [6, 6.07) is 16.8. The lowest BCUT2D eigenvalue weighted by Gasteiger charge is -2.14. The van der Waals surface area contributed by atoms with Crippen LogP contribution in [0.4, 0.5) is 10.1 Å². The summed E-state index contributed by atoms with van der Waals surface area (Å²) in [5.41, 5.74) is 2.07. The number of methoxy groups -OCH3 is 1. The number of hydrogen-bond acceptors (Lipinski definition) is 5. The molecule has 0 atom stereocenters. The number of nitrogens with zero attached hydrogens (tertiary/aromatic N) is 1. The zero-order valence-corrected chi connectivity index (χ0v) is 21.2. The van der Waals surface area contributed by atoms with Gasteiger partial charge in [-0.25, -0.2) is 4.39 Å². The number of anilines is 1. The molecule has 4 rings (SSSR count). The van der Waals surface area contributed by atoms with E-state index >= 15 is 0 Å². The van der Waals surface area contributed by atoms with Gasteiger partial charge in [0.25, 0.3) is 5.91 Å². The first-order valence-electron chi connectivity index (χ1n) is 9.64. The average molecular weight is 565 g/mol. The van der Waals surface area contributed by atoms with Crippen molar-refractivity contribution in [2.24, 2.45) is 0 Å². The maximum absolute atomic E-state index is 13.6. The predicted octanol–water partition coefficient (Wildman–Crippen LogP) is 7.24. The van der Waals surface area contributed by atoms with E-state index in [0.29, 0.717) is 42.5 Å². The van der Waals surface area contributed by atoms with Gasteiger partial charge >= 0.3 is 0 Å². The molecule has 9 heteroatoms. The number of carbonyl (C=O) groups excluding carboxylic acids is 1. The Hall–Kier alpha value is -2.39. The van der Waals surface area contributed by atoms with Crippen molar-refractivity contribution in [3.8, 4) is 11.5 Å². The number of benzene rings is 3. The molecule has 0 aromatic heterocycles. The van der Waals surface area contributed by atoms with Crippen LogP contribution in [0.2, 0.25) is 5.02 Å². The van der Waals surface area contributed by atoms with Crippen molar-refractivity contribution < 1.29 is 18.7 Å². The van der Waals surface area contributed by atoms with Crippen LogP contribution < -0.4 is 14.4 Å². The van der Waals surface area contributed by atoms with Gasteiger partial charge < -0.3 is 9.47 Å². The summed E-state index contributed by atoms with van der Waals surface area (Å²) >= 11 is 16.0. The standard InChI is InChI=1S/C24H16BrClFNO3S2/c1-30-20-10-15(9-19(25)22(20)31-13-14-5-7-16(26)8-6-14)11-21-23(29)28(24(32)33-21)18-4-2-3-17(27)12-18/h2-12H,13H2,1H3/b21-11-. The number of thioether (sulfide) groups is 1. The molecular weight excluding hydrogens is 549 g/mol. The molecule has 1 fully saturated rings. The summed E-state index contributed by atoms with van der Waals surface area (Å²) in [6.45, 7) is 0.331. The molecule has 0 aliphatic carbocycles. The highest BCUT2D eigenvalue weighted by Gasteiger charge is 2.33. The molecule has 1 amide bonds. The highest BCUT2D eigenvalue weighted by atomic mass is 79.9. The van der Waals surface area contributed by atoms with Crippen LogP contribution in [0.3, 0.4) is 0 Å². The van der Waals surface area contributed by atoms with Gasteiger partial charge in [0.2, 0.25) is 0 Å². The van der Waals surface area contributed by atoms with Gasteiger partial charge in [0.05, 0.1) is 22.2 Å². The molecule has 0 radical (unpaired) electrons. The van der Waals surface area contributed by atoms with Crippen LogP contribution in [-0.2, 0) is 11.4 Å². The van der Waals surface area contributed by atoms with Crippen LogP contribution >= 0.6 is 51.5 Å². The Labute approximate surface area is 213 Å². The van der Waals surface area contributed by atoms with Crippen molar-refractivity contribution in [1.29, 1.82) is 0 Å². The van der Waals surface area contributed by atoms with Gasteiger partial charge in [-0.1, -0.05) is 53.8 Å². The van der Waals surface area contributed by atoms with Crippen molar-refractivity contribution in [1.82, 2.24) is 0 Å². The fraction of sp³-hybridized carbons (Fsp3) is 0.0833. The number of hydrogen-bond donors (Lipinski definition) is 0. The third-order valence-electron chi connectivity index (χ3n) is 4.71. The van der Waals surface area contributed by atoms with Gasteiger partial charge in [0, 0.05) is 5.02 Å². The van der Waals surface area contributed by atoms with Gasteiger partial charge in [-0.3, -0.25) is 9.69 Å². The molecular formula is C24H16BrClFNO3S2. The second kappa shape index (κ2) is 10.3. The number of amides is 1. The monoisotopic (exact) mass is 563 g/mol. The Morgan fingerprint density at radius 2 is 1.94 bits per heavy atom. The van der Waals surface area contributed by atoms with Gasteiger partial charge in [-0.2, -0.15) is 0 Å². The van der Waals surface area contributed by atoms with Crippen molar-refractivity contribution in [3.63, 3.8) is 0 Å². The first-order chi connectivity index (χ1) is 15.9. The van der Waals surface area contributed by atoms with E-state index in [-0.39, 0.29) is 5.91 Å². The molecule has 3 aromatic rings. The lowest BCUT2D eigenvalue weighted by molar-refractivity contribution is -0.113. The van der Waals surface area contributed by atoms with Crippen LogP contribution in [0.1, 0.15) is 11.1 Å². The molecule has 0 saturated carbocycles. The summed E-state index contributed by atoms with van der Waals surface area (Å²) in [6.07, 6.45) is 1.72. The van der Waals surface area contributed by atoms with Crippen LogP contribution in [-0.4, -0.2) is 17.3 Å². The molecule has 0 spiro atoms. The highest BCUT2D eigenvalue weighted by molar-refractivity contribution is 9.10. The zero-order chi connectivity index (χ0) is 23.5. The summed E-state index contributed by atoms with van der Waals surface area (Å²) in [5, 5.41) is 0.657. The third-order valence-corrected chi connectivity index (χ3v) is 6.85. The normalized spacial score (nSPS) is 14.8. The van der Waals surface area contributed by atoms with Crippen LogP contribution in [0.5, 0.6) is 11.5 Å². The van der Waals surface area contributed by atoms with E-state index in [4.69, 9.17) is 33.3 Å². The molecule has 1 heterocycles. The molecule has 0 unspecified atom stereocenters. The van der Waals surface area contributed by atoms with Crippen molar-refractivity contribution in [2.45, 2.75) is 6.61 Å². The Morgan fingerprint density at radius 1 is 1.18 bits per heavy atom. The third kappa shape index (κ3) is 5.41. The molecule has 4 nitrogen and oxygen atoms in total. The van der Waals surface area contributed by atoms with Crippen molar-refractivity contribution in [3.05, 3.63) is 92.0 Å². The van der Waals surface area contributed by atoms with E-state index in [1.165, 1.54) is 23.1 Å². The quantitative estimate of drug-likeness (QED) is 0.233. The Kier molecular flexibility index (Phi) is 7.38. The second-order valence-corrected chi connectivity index (χ2v) is 9.91. The smallest absolute Gasteiger partial charge is 0.270 e. The molecule has 1 aliphatic heterocycles. The fourth-order valence-electron chi connectivity index (χ4n) is 3.16. The lowest BCUT2D eigenvalue weighted by Crippen LogP contribution is -2.27. The molecule has 1 aliphatic rings. The number of carbonyl (C=O) groups is 1. The minimum Gasteiger partial charge on any atom is -0.493 e. The number of thiocarbonyl (C=S) groups is 1. The Bertz CT molecular complexity index is 1270. The van der Waals surface area contributed by atoms with Crippen molar-refractivity contribution in [2.75, 3.05) is 12.0 Å². The van der Waals surface area contributed by atoms with E-state index in [1.807, 2.05) is 18.2 Å². The van der Waals surface area contributed by atoms with Crippen LogP contribution in [0, 0.1) is 5.82 Å². The number of ether oxygens (including phenoxy) is 2. The Morgan fingerprint density at radius 3 is 2.64 bits per heavy atom.